The topological polar surface area (TPSA) is 131 Å². The van der Waals surface area contributed by atoms with Gasteiger partial charge < -0.3 is 26.0 Å². The summed E-state index contributed by atoms with van der Waals surface area (Å²) in [5.41, 5.74) is 8.09. The second kappa shape index (κ2) is 14.3. The van der Waals surface area contributed by atoms with Crippen molar-refractivity contribution < 1.29 is 23.9 Å². The molecular weight excluding hydrogens is 544 g/mol. The Hall–Kier alpha value is -3.59. The van der Waals surface area contributed by atoms with Crippen LogP contribution in [0.15, 0.2) is 36.4 Å². The number of nitrogens with zero attached hydrogens (tertiary/aromatic N) is 1. The number of aryl methyl sites for hydroxylation is 3. The zero-order valence-corrected chi connectivity index (χ0v) is 26.0. The molecule has 0 fully saturated rings. The maximum atomic E-state index is 14.4. The Kier molecular flexibility index (Phi) is 11.8. The molecular formula is C31H43ClN4O5. The van der Waals surface area contributed by atoms with Crippen molar-refractivity contribution in [3.8, 4) is 0 Å². The van der Waals surface area contributed by atoms with E-state index in [0.29, 0.717) is 22.7 Å². The Morgan fingerprint density at radius 2 is 1.56 bits per heavy atom. The molecule has 0 spiro atoms. The lowest BCUT2D eigenvalue weighted by Crippen LogP contribution is -2.55. The first kappa shape index (κ1) is 33.6. The lowest BCUT2D eigenvalue weighted by Gasteiger charge is -2.39. The summed E-state index contributed by atoms with van der Waals surface area (Å²) in [5, 5.41) is 5.94. The number of nitrogens with two attached hydrogens (primary N) is 1. The van der Waals surface area contributed by atoms with Gasteiger partial charge in [-0.25, -0.2) is 4.79 Å². The summed E-state index contributed by atoms with van der Waals surface area (Å²) >= 11 is 6.45. The molecule has 4 N–H and O–H groups in total. The van der Waals surface area contributed by atoms with E-state index < -0.39 is 47.5 Å². The molecule has 0 saturated carbocycles. The number of carbonyl (C=O) groups excluding carboxylic acids is 4. The molecule has 0 heterocycles. The van der Waals surface area contributed by atoms with Crippen LogP contribution >= 0.6 is 11.6 Å². The summed E-state index contributed by atoms with van der Waals surface area (Å²) in [4.78, 5) is 54.6. The van der Waals surface area contributed by atoms with Gasteiger partial charge >= 0.3 is 6.09 Å². The molecule has 41 heavy (non-hydrogen) atoms. The molecule has 0 aliphatic rings. The van der Waals surface area contributed by atoms with E-state index in [-0.39, 0.29) is 12.8 Å². The van der Waals surface area contributed by atoms with Gasteiger partial charge in [0.2, 0.25) is 11.8 Å². The number of anilines is 1. The Balaban J connectivity index is 2.69. The summed E-state index contributed by atoms with van der Waals surface area (Å²) in [6, 6.07) is 8.27. The van der Waals surface area contributed by atoms with Gasteiger partial charge in [0, 0.05) is 12.5 Å². The van der Waals surface area contributed by atoms with Crippen LogP contribution in [-0.2, 0) is 19.1 Å². The van der Waals surface area contributed by atoms with Crippen molar-refractivity contribution in [3.05, 3.63) is 63.7 Å². The molecule has 2 aromatic carbocycles. The number of hydrogen-bond acceptors (Lipinski definition) is 5. The molecule has 4 amide bonds. The van der Waals surface area contributed by atoms with Crippen LogP contribution < -0.4 is 16.4 Å². The standard InChI is InChI=1S/C31H43ClN4O5/c1-9-21(5)36(29(39)23(16-17-24(33)37)34-30(40)41-31(6,7)8)27(25-18(2)12-10-13-19(25)3)28(38)35-26-20(4)14-11-15-22(26)32/h10-15,21,23,27H,9,16-17H2,1-8H3,(H2,33,37)(H,34,40)(H,35,38). The van der Waals surface area contributed by atoms with Crippen molar-refractivity contribution in [2.24, 2.45) is 5.73 Å². The number of benzene rings is 2. The SMILES string of the molecule is CCC(C)N(C(=O)C(CCC(N)=O)NC(=O)OC(C)(C)C)C(C(=O)Nc1c(C)cccc1Cl)c1c(C)cccc1C. The average Bonchev–Trinajstić information content (AvgIpc) is 2.86. The number of hydrogen-bond donors (Lipinski definition) is 3. The predicted molar refractivity (Wildman–Crippen MR) is 162 cm³/mol. The van der Waals surface area contributed by atoms with Crippen molar-refractivity contribution in [2.45, 2.75) is 98.4 Å². The summed E-state index contributed by atoms with van der Waals surface area (Å²) in [6.07, 6.45) is -0.519. The maximum Gasteiger partial charge on any atom is 0.408 e. The molecule has 0 aliphatic carbocycles. The van der Waals surface area contributed by atoms with Crippen LogP contribution in [0.4, 0.5) is 10.5 Å². The lowest BCUT2D eigenvalue weighted by molar-refractivity contribution is -0.143. The number of halogens is 1. The number of ether oxygens (including phenoxy) is 1. The lowest BCUT2D eigenvalue weighted by atomic mass is 9.92. The van der Waals surface area contributed by atoms with E-state index in [0.717, 1.165) is 16.7 Å². The van der Waals surface area contributed by atoms with E-state index >= 15 is 0 Å². The summed E-state index contributed by atoms with van der Waals surface area (Å²) in [7, 11) is 0. The van der Waals surface area contributed by atoms with Crippen LogP contribution in [0.5, 0.6) is 0 Å². The van der Waals surface area contributed by atoms with Gasteiger partial charge in [-0.15, -0.1) is 0 Å². The highest BCUT2D eigenvalue weighted by Gasteiger charge is 2.40. The zero-order chi connectivity index (χ0) is 31.1. The largest absolute Gasteiger partial charge is 0.444 e. The number of carbonyl (C=O) groups is 4. The van der Waals surface area contributed by atoms with Gasteiger partial charge in [-0.05, 0) is 89.6 Å². The van der Waals surface area contributed by atoms with E-state index in [1.54, 1.807) is 32.9 Å². The molecule has 0 aliphatic heterocycles. The third kappa shape index (κ3) is 9.21. The van der Waals surface area contributed by atoms with Gasteiger partial charge in [0.05, 0.1) is 10.7 Å². The van der Waals surface area contributed by atoms with Crippen molar-refractivity contribution in [1.29, 1.82) is 0 Å². The van der Waals surface area contributed by atoms with Crippen LogP contribution in [0.1, 0.15) is 82.2 Å². The first-order valence-electron chi connectivity index (χ1n) is 13.8. The minimum atomic E-state index is -1.17. The maximum absolute atomic E-state index is 14.4. The van der Waals surface area contributed by atoms with Crippen molar-refractivity contribution in [3.63, 3.8) is 0 Å². The van der Waals surface area contributed by atoms with Gasteiger partial charge in [0.1, 0.15) is 17.7 Å². The molecule has 0 radical (unpaired) electrons. The van der Waals surface area contributed by atoms with E-state index in [1.807, 2.05) is 58.9 Å². The van der Waals surface area contributed by atoms with Gasteiger partial charge in [0.15, 0.2) is 0 Å². The Morgan fingerprint density at radius 3 is 2.07 bits per heavy atom. The number of rotatable bonds is 11. The van der Waals surface area contributed by atoms with Crippen LogP contribution in [-0.4, -0.2) is 46.4 Å². The predicted octanol–water partition coefficient (Wildman–Crippen LogP) is 5.73. The molecule has 2 rings (SSSR count). The van der Waals surface area contributed by atoms with Crippen LogP contribution in [0.3, 0.4) is 0 Å². The van der Waals surface area contributed by atoms with E-state index in [1.165, 1.54) is 4.90 Å². The number of amides is 4. The normalized spacial score (nSPS) is 13.5. The molecule has 0 saturated heterocycles. The van der Waals surface area contributed by atoms with Crippen molar-refractivity contribution in [1.82, 2.24) is 10.2 Å². The highest BCUT2D eigenvalue weighted by atomic mass is 35.5. The first-order valence-corrected chi connectivity index (χ1v) is 14.2. The van der Waals surface area contributed by atoms with Crippen LogP contribution in [0.25, 0.3) is 0 Å². The molecule has 0 bridgehead atoms. The van der Waals surface area contributed by atoms with E-state index in [2.05, 4.69) is 10.6 Å². The number of primary amides is 1. The highest BCUT2D eigenvalue weighted by molar-refractivity contribution is 6.34. The third-order valence-electron chi connectivity index (χ3n) is 6.80. The van der Waals surface area contributed by atoms with Gasteiger partial charge in [-0.3, -0.25) is 14.4 Å². The smallest absolute Gasteiger partial charge is 0.408 e. The second-order valence-electron chi connectivity index (χ2n) is 11.3. The van der Waals surface area contributed by atoms with Gasteiger partial charge in [-0.2, -0.15) is 0 Å². The van der Waals surface area contributed by atoms with Crippen LogP contribution in [0, 0.1) is 20.8 Å². The second-order valence-corrected chi connectivity index (χ2v) is 11.7. The summed E-state index contributed by atoms with van der Waals surface area (Å²) in [6.45, 7) is 14.5. The fourth-order valence-corrected chi connectivity index (χ4v) is 4.88. The van der Waals surface area contributed by atoms with Gasteiger partial charge in [0.25, 0.3) is 5.91 Å². The molecule has 224 valence electrons. The van der Waals surface area contributed by atoms with Crippen molar-refractivity contribution >= 4 is 41.1 Å². The third-order valence-corrected chi connectivity index (χ3v) is 7.12. The zero-order valence-electron chi connectivity index (χ0n) is 25.3. The minimum absolute atomic E-state index is 0.0644. The van der Waals surface area contributed by atoms with Gasteiger partial charge in [-0.1, -0.05) is 48.9 Å². The monoisotopic (exact) mass is 586 g/mol. The minimum Gasteiger partial charge on any atom is -0.444 e. The average molecular weight is 587 g/mol. The fraction of sp³-hybridized carbons (Fsp3) is 0.484. The number of nitrogens with one attached hydrogen (secondary N) is 2. The van der Waals surface area contributed by atoms with Crippen LogP contribution in [0.2, 0.25) is 5.02 Å². The molecule has 2 aromatic rings. The molecule has 0 aromatic heterocycles. The molecule has 9 nitrogen and oxygen atoms in total. The summed E-state index contributed by atoms with van der Waals surface area (Å²) < 4.78 is 5.40. The first-order chi connectivity index (χ1) is 19.1. The summed E-state index contributed by atoms with van der Waals surface area (Å²) in [5.74, 6) is -1.62. The fourth-order valence-electron chi connectivity index (χ4n) is 4.61. The molecule has 3 atom stereocenters. The highest BCUT2D eigenvalue weighted by Crippen LogP contribution is 2.34. The van der Waals surface area contributed by atoms with E-state index in [9.17, 15) is 19.2 Å². The Bertz CT molecular complexity index is 1230. The number of alkyl carbamates (subject to hydrolysis) is 1. The Morgan fingerprint density at radius 1 is 1.00 bits per heavy atom. The number of para-hydroxylation sites is 1. The molecule has 3 unspecified atom stereocenters. The quantitative estimate of drug-likeness (QED) is 0.309. The van der Waals surface area contributed by atoms with E-state index in [4.69, 9.17) is 22.1 Å². The van der Waals surface area contributed by atoms with Crippen molar-refractivity contribution in [2.75, 3.05) is 5.32 Å². The molecule has 10 heteroatoms. The Labute approximate surface area is 248 Å².